The van der Waals surface area contributed by atoms with Gasteiger partial charge in [-0.1, -0.05) is 41.7 Å². The summed E-state index contributed by atoms with van der Waals surface area (Å²) in [7, 11) is 0. The summed E-state index contributed by atoms with van der Waals surface area (Å²) in [6, 6.07) is 23.1. The summed E-state index contributed by atoms with van der Waals surface area (Å²) in [6.45, 7) is 7.03. The average Bonchev–Trinajstić information content (AvgIpc) is 3.33. The molecule has 0 bridgehead atoms. The SMILES string of the molecule is Cc1cccc2sc(N(CCCN3CCOCC3)C(=O)c3ccc(Oc4ccccc4)cc3)nc12.Cl. The summed E-state index contributed by atoms with van der Waals surface area (Å²) in [6.07, 6.45) is 0.871. The Balaban J connectivity index is 0.00000304. The fourth-order valence-corrected chi connectivity index (χ4v) is 5.27. The number of hydrogen-bond acceptors (Lipinski definition) is 6. The maximum Gasteiger partial charge on any atom is 0.260 e. The Kier molecular flexibility index (Phi) is 8.93. The molecule has 0 unspecified atom stereocenters. The van der Waals surface area contributed by atoms with Crippen LogP contribution in [0.4, 0.5) is 5.13 Å². The second kappa shape index (κ2) is 12.3. The maximum absolute atomic E-state index is 13.7. The van der Waals surface area contributed by atoms with E-state index < -0.39 is 0 Å². The van der Waals surface area contributed by atoms with Crippen LogP contribution in [0.2, 0.25) is 0 Å². The molecule has 4 aromatic rings. The largest absolute Gasteiger partial charge is 0.457 e. The van der Waals surface area contributed by atoms with Crippen molar-refractivity contribution in [1.82, 2.24) is 9.88 Å². The lowest BCUT2D eigenvalue weighted by molar-refractivity contribution is 0.0376. The van der Waals surface area contributed by atoms with Crippen molar-refractivity contribution in [2.45, 2.75) is 13.3 Å². The van der Waals surface area contributed by atoms with E-state index in [1.54, 1.807) is 11.3 Å². The number of amides is 1. The summed E-state index contributed by atoms with van der Waals surface area (Å²) in [5.41, 5.74) is 2.70. The number of anilines is 1. The number of hydrogen-bond donors (Lipinski definition) is 0. The Hall–Kier alpha value is -2.97. The number of thiazole rings is 1. The minimum Gasteiger partial charge on any atom is -0.457 e. The van der Waals surface area contributed by atoms with Crippen LogP contribution in [0, 0.1) is 6.92 Å². The molecule has 1 saturated heterocycles. The third-order valence-corrected chi connectivity index (χ3v) is 7.17. The van der Waals surface area contributed by atoms with Crippen molar-refractivity contribution in [3.05, 3.63) is 83.9 Å². The van der Waals surface area contributed by atoms with Gasteiger partial charge in [0.05, 0.1) is 23.4 Å². The molecule has 0 N–H and O–H groups in total. The van der Waals surface area contributed by atoms with E-state index in [0.717, 1.165) is 65.9 Å². The van der Waals surface area contributed by atoms with Gasteiger partial charge in [0.15, 0.2) is 5.13 Å². The predicted molar refractivity (Wildman–Crippen MR) is 148 cm³/mol. The highest BCUT2D eigenvalue weighted by Gasteiger charge is 2.22. The molecule has 1 aliphatic heterocycles. The molecule has 8 heteroatoms. The first kappa shape index (κ1) is 26.1. The normalized spacial score (nSPS) is 13.8. The number of aromatic nitrogens is 1. The van der Waals surface area contributed by atoms with Gasteiger partial charge in [0.1, 0.15) is 11.5 Å². The summed E-state index contributed by atoms with van der Waals surface area (Å²) in [4.78, 5) is 22.8. The number of nitrogens with zero attached hydrogens (tertiary/aromatic N) is 3. The summed E-state index contributed by atoms with van der Waals surface area (Å²) < 4.78 is 12.4. The minimum absolute atomic E-state index is 0. The lowest BCUT2D eigenvalue weighted by Crippen LogP contribution is -2.39. The second-order valence-electron chi connectivity index (χ2n) is 8.62. The van der Waals surface area contributed by atoms with Gasteiger partial charge < -0.3 is 9.47 Å². The maximum atomic E-state index is 13.7. The van der Waals surface area contributed by atoms with Gasteiger partial charge in [0, 0.05) is 31.7 Å². The standard InChI is InChI=1S/C28H29N3O3S.ClH/c1-21-7-5-10-25-26(21)29-28(35-25)31(16-6-15-30-17-19-33-20-18-30)27(32)22-11-13-24(14-12-22)34-23-8-3-2-4-9-23;/h2-5,7-14H,6,15-20H2,1H3;1H. The average molecular weight is 524 g/mol. The highest BCUT2D eigenvalue weighted by molar-refractivity contribution is 7.22. The number of fused-ring (bicyclic) bond motifs is 1. The Morgan fingerprint density at radius 2 is 1.72 bits per heavy atom. The molecule has 0 atom stereocenters. The topological polar surface area (TPSA) is 54.9 Å². The fourth-order valence-electron chi connectivity index (χ4n) is 4.20. The quantitative estimate of drug-likeness (QED) is 0.276. The van der Waals surface area contributed by atoms with Gasteiger partial charge in [-0.3, -0.25) is 14.6 Å². The van der Waals surface area contributed by atoms with Gasteiger partial charge in [-0.15, -0.1) is 12.4 Å². The Morgan fingerprint density at radius 3 is 2.44 bits per heavy atom. The summed E-state index contributed by atoms with van der Waals surface area (Å²) >= 11 is 1.57. The van der Waals surface area contributed by atoms with Crippen molar-refractivity contribution in [2.75, 3.05) is 44.3 Å². The number of rotatable bonds is 8. The molecule has 1 aromatic heterocycles. The van der Waals surface area contributed by atoms with E-state index >= 15 is 0 Å². The Labute approximate surface area is 221 Å². The fraction of sp³-hybridized carbons (Fsp3) is 0.286. The number of ether oxygens (including phenoxy) is 2. The van der Waals surface area contributed by atoms with Gasteiger partial charge >= 0.3 is 0 Å². The minimum atomic E-state index is -0.0463. The molecule has 6 nitrogen and oxygen atoms in total. The molecule has 1 amide bonds. The molecular weight excluding hydrogens is 494 g/mol. The Morgan fingerprint density at radius 1 is 1.00 bits per heavy atom. The zero-order chi connectivity index (χ0) is 24.0. The summed E-state index contributed by atoms with van der Waals surface area (Å²) in [5.74, 6) is 1.42. The number of aryl methyl sites for hydroxylation is 1. The van der Waals surface area contributed by atoms with Crippen LogP contribution in [0.5, 0.6) is 11.5 Å². The molecule has 188 valence electrons. The van der Waals surface area contributed by atoms with E-state index in [1.165, 1.54) is 0 Å². The van der Waals surface area contributed by atoms with Gasteiger partial charge in [0.2, 0.25) is 0 Å². The van der Waals surface area contributed by atoms with Crippen molar-refractivity contribution in [1.29, 1.82) is 0 Å². The smallest absolute Gasteiger partial charge is 0.260 e. The lowest BCUT2D eigenvalue weighted by Gasteiger charge is -2.27. The number of carbonyl (C=O) groups excluding carboxylic acids is 1. The van der Waals surface area contributed by atoms with E-state index in [-0.39, 0.29) is 18.3 Å². The molecule has 0 aliphatic carbocycles. The van der Waals surface area contributed by atoms with Crippen molar-refractivity contribution in [2.24, 2.45) is 0 Å². The molecule has 0 radical (unpaired) electrons. The third-order valence-electron chi connectivity index (χ3n) is 6.13. The van der Waals surface area contributed by atoms with E-state index in [0.29, 0.717) is 17.9 Å². The molecule has 1 fully saturated rings. The van der Waals surface area contributed by atoms with Crippen molar-refractivity contribution in [3.63, 3.8) is 0 Å². The molecule has 2 heterocycles. The van der Waals surface area contributed by atoms with Crippen LogP contribution >= 0.6 is 23.7 Å². The van der Waals surface area contributed by atoms with Gasteiger partial charge in [-0.25, -0.2) is 4.98 Å². The molecule has 0 saturated carbocycles. The lowest BCUT2D eigenvalue weighted by atomic mass is 10.2. The van der Waals surface area contributed by atoms with Crippen LogP contribution in [0.3, 0.4) is 0 Å². The van der Waals surface area contributed by atoms with Crippen LogP contribution in [0.1, 0.15) is 22.3 Å². The van der Waals surface area contributed by atoms with E-state index in [1.807, 2.05) is 65.6 Å². The zero-order valence-electron chi connectivity index (χ0n) is 20.3. The van der Waals surface area contributed by atoms with Crippen LogP contribution in [-0.2, 0) is 4.74 Å². The van der Waals surface area contributed by atoms with Gasteiger partial charge in [-0.05, 0) is 61.4 Å². The van der Waals surface area contributed by atoms with Crippen LogP contribution in [0.25, 0.3) is 10.2 Å². The van der Waals surface area contributed by atoms with Gasteiger partial charge in [0.25, 0.3) is 5.91 Å². The van der Waals surface area contributed by atoms with Crippen LogP contribution in [-0.4, -0.2) is 55.2 Å². The molecular formula is C28H30ClN3O3S. The monoisotopic (exact) mass is 523 g/mol. The van der Waals surface area contributed by atoms with Gasteiger partial charge in [-0.2, -0.15) is 0 Å². The first-order valence-electron chi connectivity index (χ1n) is 12.0. The van der Waals surface area contributed by atoms with Crippen LogP contribution < -0.4 is 9.64 Å². The number of benzene rings is 3. The van der Waals surface area contributed by atoms with Crippen molar-refractivity contribution >= 4 is 45.0 Å². The first-order valence-corrected chi connectivity index (χ1v) is 12.8. The molecule has 36 heavy (non-hydrogen) atoms. The number of halogens is 1. The van der Waals surface area contributed by atoms with E-state index in [4.69, 9.17) is 14.5 Å². The second-order valence-corrected chi connectivity index (χ2v) is 9.63. The highest BCUT2D eigenvalue weighted by atomic mass is 35.5. The number of carbonyl (C=O) groups is 1. The van der Waals surface area contributed by atoms with E-state index in [9.17, 15) is 4.79 Å². The Bertz CT molecular complexity index is 1270. The first-order chi connectivity index (χ1) is 17.2. The van der Waals surface area contributed by atoms with Crippen molar-refractivity contribution in [3.8, 4) is 11.5 Å². The molecule has 3 aromatic carbocycles. The zero-order valence-corrected chi connectivity index (χ0v) is 21.9. The third kappa shape index (κ3) is 6.23. The summed E-state index contributed by atoms with van der Waals surface area (Å²) in [5, 5.41) is 0.742. The number of morpholine rings is 1. The predicted octanol–water partition coefficient (Wildman–Crippen LogP) is 6.19. The van der Waals surface area contributed by atoms with E-state index in [2.05, 4.69) is 24.0 Å². The highest BCUT2D eigenvalue weighted by Crippen LogP contribution is 2.32. The molecule has 1 aliphatic rings. The number of para-hydroxylation sites is 2. The van der Waals surface area contributed by atoms with Crippen LogP contribution in [0.15, 0.2) is 72.8 Å². The molecule has 5 rings (SSSR count). The van der Waals surface area contributed by atoms with Crippen molar-refractivity contribution < 1.29 is 14.3 Å². The molecule has 0 spiro atoms.